The molecular weight excluding hydrogens is 326 g/mol. The van der Waals surface area contributed by atoms with E-state index in [0.29, 0.717) is 36.6 Å². The second-order valence-corrected chi connectivity index (χ2v) is 6.61. The van der Waals surface area contributed by atoms with E-state index in [2.05, 4.69) is 0 Å². The van der Waals surface area contributed by atoms with Crippen LogP contribution in [0.2, 0.25) is 5.02 Å². The van der Waals surface area contributed by atoms with Crippen LogP contribution in [0.3, 0.4) is 0 Å². The van der Waals surface area contributed by atoms with Gasteiger partial charge >= 0.3 is 0 Å². The first-order valence-electron chi connectivity index (χ1n) is 8.58. The van der Waals surface area contributed by atoms with Crippen molar-refractivity contribution in [2.24, 2.45) is 5.73 Å². The quantitative estimate of drug-likeness (QED) is 0.732. The Morgan fingerprint density at radius 1 is 1.29 bits per heavy atom. The van der Waals surface area contributed by atoms with Crippen molar-refractivity contribution < 1.29 is 9.59 Å². The Kier molecular flexibility index (Phi) is 7.06. The summed E-state index contributed by atoms with van der Waals surface area (Å²) >= 11 is 6.19. The SMILES string of the molecule is CN(C(=O)CCCCCCN)C1CCN(c2ccccc2Cl)C1=O. The summed E-state index contributed by atoms with van der Waals surface area (Å²) in [5, 5.41) is 0.556. The number of likely N-dealkylation sites (N-methyl/N-ethyl adjacent to an activating group) is 1. The average molecular weight is 352 g/mol. The molecule has 0 aliphatic carbocycles. The van der Waals surface area contributed by atoms with Crippen molar-refractivity contribution in [1.82, 2.24) is 4.90 Å². The van der Waals surface area contributed by atoms with Crippen molar-refractivity contribution in [1.29, 1.82) is 0 Å². The Balaban J connectivity index is 1.89. The third-order valence-electron chi connectivity index (χ3n) is 4.53. The normalized spacial score (nSPS) is 17.4. The number of anilines is 1. The molecule has 24 heavy (non-hydrogen) atoms. The third kappa shape index (κ3) is 4.48. The van der Waals surface area contributed by atoms with Crippen LogP contribution in [0.1, 0.15) is 38.5 Å². The zero-order valence-electron chi connectivity index (χ0n) is 14.2. The maximum absolute atomic E-state index is 12.7. The fourth-order valence-electron chi connectivity index (χ4n) is 3.06. The molecule has 1 aliphatic heterocycles. The topological polar surface area (TPSA) is 66.6 Å². The van der Waals surface area contributed by atoms with E-state index in [4.69, 9.17) is 17.3 Å². The largest absolute Gasteiger partial charge is 0.334 e. The maximum Gasteiger partial charge on any atom is 0.249 e. The fourth-order valence-corrected chi connectivity index (χ4v) is 3.30. The van der Waals surface area contributed by atoms with Gasteiger partial charge in [-0.15, -0.1) is 0 Å². The molecule has 0 aromatic heterocycles. The van der Waals surface area contributed by atoms with E-state index in [1.165, 1.54) is 0 Å². The predicted octanol–water partition coefficient (Wildman–Crippen LogP) is 2.81. The molecule has 2 N–H and O–H groups in total. The van der Waals surface area contributed by atoms with Gasteiger partial charge in [-0.25, -0.2) is 0 Å². The van der Waals surface area contributed by atoms with E-state index < -0.39 is 6.04 Å². The highest BCUT2D eigenvalue weighted by atomic mass is 35.5. The van der Waals surface area contributed by atoms with Gasteiger partial charge in [0.25, 0.3) is 0 Å². The number of unbranched alkanes of at least 4 members (excludes halogenated alkanes) is 3. The second-order valence-electron chi connectivity index (χ2n) is 6.20. The Hall–Kier alpha value is -1.59. The summed E-state index contributed by atoms with van der Waals surface area (Å²) in [5.41, 5.74) is 6.18. The molecule has 132 valence electrons. The van der Waals surface area contributed by atoms with Crippen LogP contribution in [0, 0.1) is 0 Å². The van der Waals surface area contributed by atoms with Crippen molar-refractivity contribution >= 4 is 29.1 Å². The van der Waals surface area contributed by atoms with Crippen molar-refractivity contribution in [2.75, 3.05) is 25.0 Å². The van der Waals surface area contributed by atoms with E-state index >= 15 is 0 Å². The zero-order valence-corrected chi connectivity index (χ0v) is 15.0. The molecule has 5 nitrogen and oxygen atoms in total. The summed E-state index contributed by atoms with van der Waals surface area (Å²) in [6, 6.07) is 6.91. The van der Waals surface area contributed by atoms with E-state index in [1.807, 2.05) is 18.2 Å². The van der Waals surface area contributed by atoms with Gasteiger partial charge < -0.3 is 15.5 Å². The molecule has 1 aromatic carbocycles. The van der Waals surface area contributed by atoms with Gasteiger partial charge in [0.15, 0.2) is 0 Å². The average Bonchev–Trinajstić information content (AvgIpc) is 2.95. The van der Waals surface area contributed by atoms with Gasteiger partial charge in [-0.2, -0.15) is 0 Å². The number of para-hydroxylation sites is 1. The Morgan fingerprint density at radius 3 is 2.71 bits per heavy atom. The van der Waals surface area contributed by atoms with Crippen LogP contribution < -0.4 is 10.6 Å². The van der Waals surface area contributed by atoms with Crippen LogP contribution >= 0.6 is 11.6 Å². The van der Waals surface area contributed by atoms with Crippen LogP contribution in [0.25, 0.3) is 0 Å². The number of nitrogens with two attached hydrogens (primary N) is 1. The molecule has 1 heterocycles. The van der Waals surface area contributed by atoms with Gasteiger partial charge in [0.2, 0.25) is 11.8 Å². The molecule has 6 heteroatoms. The summed E-state index contributed by atoms with van der Waals surface area (Å²) in [6.45, 7) is 1.28. The Labute approximate surface area is 148 Å². The lowest BCUT2D eigenvalue weighted by molar-refractivity contribution is -0.136. The van der Waals surface area contributed by atoms with Gasteiger partial charge in [-0.05, 0) is 37.9 Å². The number of nitrogens with zero attached hydrogens (tertiary/aromatic N) is 2. The number of rotatable bonds is 8. The number of hydrogen-bond donors (Lipinski definition) is 1. The van der Waals surface area contributed by atoms with E-state index in [0.717, 1.165) is 25.7 Å². The monoisotopic (exact) mass is 351 g/mol. The molecule has 0 radical (unpaired) electrons. The molecule has 1 aromatic rings. The first-order valence-corrected chi connectivity index (χ1v) is 8.95. The van der Waals surface area contributed by atoms with Gasteiger partial charge in [0.1, 0.15) is 6.04 Å². The van der Waals surface area contributed by atoms with Crippen LogP contribution in [-0.4, -0.2) is 42.9 Å². The lowest BCUT2D eigenvalue weighted by Crippen LogP contribution is -2.42. The zero-order chi connectivity index (χ0) is 17.5. The predicted molar refractivity (Wildman–Crippen MR) is 97.1 cm³/mol. The molecule has 1 fully saturated rings. The number of benzene rings is 1. The van der Waals surface area contributed by atoms with Crippen molar-refractivity contribution in [2.45, 2.75) is 44.6 Å². The van der Waals surface area contributed by atoms with Gasteiger partial charge in [0.05, 0.1) is 10.7 Å². The molecule has 1 unspecified atom stereocenters. The molecule has 1 aliphatic rings. The summed E-state index contributed by atoms with van der Waals surface area (Å²) < 4.78 is 0. The summed E-state index contributed by atoms with van der Waals surface area (Å²) in [5.74, 6) is -0.0239. The lowest BCUT2D eigenvalue weighted by atomic mass is 10.1. The molecule has 0 spiro atoms. The first-order chi connectivity index (χ1) is 11.6. The molecule has 1 atom stereocenters. The van der Waals surface area contributed by atoms with Gasteiger partial charge in [0, 0.05) is 20.0 Å². The van der Waals surface area contributed by atoms with E-state index in [-0.39, 0.29) is 11.8 Å². The van der Waals surface area contributed by atoms with Crippen LogP contribution in [-0.2, 0) is 9.59 Å². The highest BCUT2D eigenvalue weighted by Gasteiger charge is 2.37. The molecule has 0 saturated carbocycles. The van der Waals surface area contributed by atoms with Gasteiger partial charge in [-0.1, -0.05) is 36.6 Å². The molecule has 2 rings (SSSR count). The van der Waals surface area contributed by atoms with Crippen LogP contribution in [0.5, 0.6) is 0 Å². The van der Waals surface area contributed by atoms with Gasteiger partial charge in [-0.3, -0.25) is 9.59 Å². The van der Waals surface area contributed by atoms with E-state index in [9.17, 15) is 9.59 Å². The minimum Gasteiger partial charge on any atom is -0.334 e. The van der Waals surface area contributed by atoms with Crippen molar-refractivity contribution in [3.8, 4) is 0 Å². The summed E-state index contributed by atoms with van der Waals surface area (Å²) in [4.78, 5) is 28.3. The van der Waals surface area contributed by atoms with Crippen LogP contribution in [0.4, 0.5) is 5.69 Å². The second kappa shape index (κ2) is 9.04. The number of carbonyl (C=O) groups excluding carboxylic acids is 2. The Bertz CT molecular complexity index is 579. The lowest BCUT2D eigenvalue weighted by Gasteiger charge is -2.24. The highest BCUT2D eigenvalue weighted by Crippen LogP contribution is 2.30. The molecule has 0 bridgehead atoms. The molecular formula is C18H26ClN3O2. The maximum atomic E-state index is 12.7. The Morgan fingerprint density at radius 2 is 2.00 bits per heavy atom. The minimum absolute atomic E-state index is 0.0297. The third-order valence-corrected chi connectivity index (χ3v) is 4.85. The smallest absolute Gasteiger partial charge is 0.249 e. The first kappa shape index (κ1) is 18.7. The number of amides is 2. The minimum atomic E-state index is -0.391. The van der Waals surface area contributed by atoms with Crippen LogP contribution in [0.15, 0.2) is 24.3 Å². The molecule has 1 saturated heterocycles. The van der Waals surface area contributed by atoms with E-state index in [1.54, 1.807) is 22.9 Å². The summed E-state index contributed by atoms with van der Waals surface area (Å²) in [6.07, 6.45) is 5.02. The summed E-state index contributed by atoms with van der Waals surface area (Å²) in [7, 11) is 1.72. The fraction of sp³-hybridized carbons (Fsp3) is 0.556. The van der Waals surface area contributed by atoms with Crippen molar-refractivity contribution in [3.63, 3.8) is 0 Å². The van der Waals surface area contributed by atoms with Crippen molar-refractivity contribution in [3.05, 3.63) is 29.3 Å². The molecule has 2 amide bonds. The highest BCUT2D eigenvalue weighted by molar-refractivity contribution is 6.34. The number of halogens is 1. The standard InChI is InChI=1S/C18H26ClN3O2/c1-21(17(23)10-4-2-3-7-12-20)16-11-13-22(18(16)24)15-9-6-5-8-14(15)19/h5-6,8-9,16H,2-4,7,10-13,20H2,1H3. The number of hydrogen-bond acceptors (Lipinski definition) is 3. The number of carbonyl (C=O) groups is 2.